The summed E-state index contributed by atoms with van der Waals surface area (Å²) in [6.45, 7) is 9.20. The lowest BCUT2D eigenvalue weighted by atomic mass is 9.91. The highest BCUT2D eigenvalue weighted by atomic mass is 14.9. The topological polar surface area (TPSA) is 12.0 Å². The average molecular weight is 171 g/mol. The second-order valence-corrected chi connectivity index (χ2v) is 4.27. The van der Waals surface area contributed by atoms with Gasteiger partial charge in [0.05, 0.1) is 0 Å². The van der Waals surface area contributed by atoms with Gasteiger partial charge in [-0.15, -0.1) is 0 Å². The molecule has 1 heteroatoms. The third-order valence-corrected chi connectivity index (χ3v) is 2.61. The maximum atomic E-state index is 3.39. The predicted molar refractivity (Wildman–Crippen MR) is 56.4 cm³/mol. The van der Waals surface area contributed by atoms with Crippen molar-refractivity contribution in [3.8, 4) is 0 Å². The molecule has 2 unspecified atom stereocenters. The second-order valence-electron chi connectivity index (χ2n) is 4.27. The highest BCUT2D eigenvalue weighted by molar-refractivity contribution is 4.71. The summed E-state index contributed by atoms with van der Waals surface area (Å²) in [5, 5.41) is 3.39. The summed E-state index contributed by atoms with van der Waals surface area (Å²) in [4.78, 5) is 0. The summed E-state index contributed by atoms with van der Waals surface area (Å²) in [6.07, 6.45) is 4.00. The Morgan fingerprint density at radius 1 is 1.17 bits per heavy atom. The Morgan fingerprint density at radius 3 is 2.08 bits per heavy atom. The molecule has 0 saturated carbocycles. The van der Waals surface area contributed by atoms with Crippen LogP contribution in [0.2, 0.25) is 0 Å². The lowest BCUT2D eigenvalue weighted by Crippen LogP contribution is -2.32. The fourth-order valence-electron chi connectivity index (χ4n) is 1.77. The fraction of sp³-hybridized carbons (Fsp3) is 1.00. The normalized spacial score (nSPS) is 16.5. The highest BCUT2D eigenvalue weighted by Gasteiger charge is 2.13. The van der Waals surface area contributed by atoms with Gasteiger partial charge >= 0.3 is 0 Å². The van der Waals surface area contributed by atoms with Crippen LogP contribution in [0.4, 0.5) is 0 Å². The van der Waals surface area contributed by atoms with Crippen LogP contribution < -0.4 is 5.32 Å². The lowest BCUT2D eigenvalue weighted by molar-refractivity contribution is 0.334. The summed E-state index contributed by atoms with van der Waals surface area (Å²) < 4.78 is 0. The monoisotopic (exact) mass is 171 g/mol. The minimum Gasteiger partial charge on any atom is -0.317 e. The maximum Gasteiger partial charge on any atom is 0.00895 e. The van der Waals surface area contributed by atoms with E-state index in [2.05, 4.69) is 40.1 Å². The first-order valence-corrected chi connectivity index (χ1v) is 5.29. The molecule has 0 aromatic rings. The number of nitrogens with one attached hydrogen (secondary N) is 1. The second kappa shape index (κ2) is 6.47. The van der Waals surface area contributed by atoms with Gasteiger partial charge in [0, 0.05) is 6.04 Å². The third kappa shape index (κ3) is 4.76. The molecule has 0 aromatic heterocycles. The summed E-state index contributed by atoms with van der Waals surface area (Å²) in [5.74, 6) is 1.63. The zero-order chi connectivity index (χ0) is 9.56. The van der Waals surface area contributed by atoms with Crippen LogP contribution in [0.15, 0.2) is 0 Å². The van der Waals surface area contributed by atoms with Crippen molar-refractivity contribution in [1.82, 2.24) is 5.32 Å². The van der Waals surface area contributed by atoms with E-state index in [0.29, 0.717) is 6.04 Å². The first-order chi connectivity index (χ1) is 5.61. The van der Waals surface area contributed by atoms with E-state index in [9.17, 15) is 0 Å². The van der Waals surface area contributed by atoms with Gasteiger partial charge in [0.2, 0.25) is 0 Å². The fourth-order valence-corrected chi connectivity index (χ4v) is 1.77. The zero-order valence-electron chi connectivity index (χ0n) is 9.35. The third-order valence-electron chi connectivity index (χ3n) is 2.61. The van der Waals surface area contributed by atoms with Crippen LogP contribution in [0.5, 0.6) is 0 Å². The van der Waals surface area contributed by atoms with E-state index in [1.54, 1.807) is 0 Å². The van der Waals surface area contributed by atoms with Gasteiger partial charge in [0.1, 0.15) is 0 Å². The zero-order valence-corrected chi connectivity index (χ0v) is 9.35. The molecule has 74 valence electrons. The van der Waals surface area contributed by atoms with Crippen molar-refractivity contribution < 1.29 is 0 Å². The van der Waals surface area contributed by atoms with E-state index < -0.39 is 0 Å². The smallest absolute Gasteiger partial charge is 0.00895 e. The molecule has 0 aliphatic rings. The molecule has 0 amide bonds. The van der Waals surface area contributed by atoms with Crippen LogP contribution >= 0.6 is 0 Å². The Bertz CT molecular complexity index is 99.2. The molecule has 1 nitrogen and oxygen atoms in total. The van der Waals surface area contributed by atoms with E-state index in [-0.39, 0.29) is 0 Å². The molecule has 0 radical (unpaired) electrons. The van der Waals surface area contributed by atoms with Crippen molar-refractivity contribution >= 4 is 0 Å². The number of hydrogen-bond acceptors (Lipinski definition) is 1. The SMILES string of the molecule is CCCC(C)CC(NC)C(C)C. The predicted octanol–water partition coefficient (Wildman–Crippen LogP) is 3.06. The van der Waals surface area contributed by atoms with Crippen LogP contribution in [0, 0.1) is 11.8 Å². The maximum absolute atomic E-state index is 3.39. The Kier molecular flexibility index (Phi) is 6.45. The van der Waals surface area contributed by atoms with E-state index in [1.165, 1.54) is 19.3 Å². The van der Waals surface area contributed by atoms with E-state index in [1.807, 2.05) is 0 Å². The number of rotatable bonds is 6. The van der Waals surface area contributed by atoms with Gasteiger partial charge in [-0.05, 0) is 25.3 Å². The molecule has 12 heavy (non-hydrogen) atoms. The Hall–Kier alpha value is -0.0400. The molecule has 0 heterocycles. The van der Waals surface area contributed by atoms with Crippen molar-refractivity contribution in [2.24, 2.45) is 11.8 Å². The molecule has 0 fully saturated rings. The van der Waals surface area contributed by atoms with Gasteiger partial charge in [-0.3, -0.25) is 0 Å². The van der Waals surface area contributed by atoms with Crippen molar-refractivity contribution in [1.29, 1.82) is 0 Å². The first-order valence-electron chi connectivity index (χ1n) is 5.29. The van der Waals surface area contributed by atoms with Gasteiger partial charge < -0.3 is 5.32 Å². The van der Waals surface area contributed by atoms with Crippen LogP contribution in [-0.4, -0.2) is 13.1 Å². The van der Waals surface area contributed by atoms with Gasteiger partial charge in [0.15, 0.2) is 0 Å². The molecule has 0 aliphatic carbocycles. The molecular formula is C11H25N. The van der Waals surface area contributed by atoms with Gasteiger partial charge in [-0.25, -0.2) is 0 Å². The number of hydrogen-bond donors (Lipinski definition) is 1. The molecule has 0 spiro atoms. The molecule has 0 bridgehead atoms. The van der Waals surface area contributed by atoms with Crippen LogP contribution in [-0.2, 0) is 0 Å². The van der Waals surface area contributed by atoms with Crippen molar-refractivity contribution in [2.45, 2.75) is 53.0 Å². The van der Waals surface area contributed by atoms with Crippen LogP contribution in [0.3, 0.4) is 0 Å². The highest BCUT2D eigenvalue weighted by Crippen LogP contribution is 2.16. The van der Waals surface area contributed by atoms with E-state index >= 15 is 0 Å². The lowest BCUT2D eigenvalue weighted by Gasteiger charge is -2.23. The Labute approximate surface area is 77.9 Å². The molecule has 0 saturated heterocycles. The molecule has 0 aromatic carbocycles. The Morgan fingerprint density at radius 2 is 1.75 bits per heavy atom. The van der Waals surface area contributed by atoms with E-state index in [0.717, 1.165) is 11.8 Å². The minimum atomic E-state index is 0.701. The summed E-state index contributed by atoms with van der Waals surface area (Å²) in [6, 6.07) is 0.701. The van der Waals surface area contributed by atoms with Crippen molar-refractivity contribution in [3.63, 3.8) is 0 Å². The quantitative estimate of drug-likeness (QED) is 0.647. The van der Waals surface area contributed by atoms with Crippen molar-refractivity contribution in [3.05, 3.63) is 0 Å². The summed E-state index contributed by atoms with van der Waals surface area (Å²) in [5.41, 5.74) is 0. The summed E-state index contributed by atoms with van der Waals surface area (Å²) >= 11 is 0. The first kappa shape index (κ1) is 12.0. The van der Waals surface area contributed by atoms with Crippen LogP contribution in [0.1, 0.15) is 47.0 Å². The van der Waals surface area contributed by atoms with Crippen LogP contribution in [0.25, 0.3) is 0 Å². The molecule has 0 aliphatic heterocycles. The average Bonchev–Trinajstić information content (AvgIpc) is 2.00. The van der Waals surface area contributed by atoms with Gasteiger partial charge in [-0.2, -0.15) is 0 Å². The standard InChI is InChI=1S/C11H25N/c1-6-7-10(4)8-11(12-5)9(2)3/h9-12H,6-8H2,1-5H3. The minimum absolute atomic E-state index is 0.701. The van der Waals surface area contributed by atoms with E-state index in [4.69, 9.17) is 0 Å². The van der Waals surface area contributed by atoms with Gasteiger partial charge in [-0.1, -0.05) is 40.5 Å². The van der Waals surface area contributed by atoms with Gasteiger partial charge in [0.25, 0.3) is 0 Å². The van der Waals surface area contributed by atoms with Crippen molar-refractivity contribution in [2.75, 3.05) is 7.05 Å². The summed E-state index contributed by atoms with van der Waals surface area (Å²) in [7, 11) is 2.07. The molecule has 2 atom stereocenters. The Balaban J connectivity index is 3.69. The largest absolute Gasteiger partial charge is 0.317 e. The molecule has 1 N–H and O–H groups in total. The molecule has 0 rings (SSSR count). The molecular weight excluding hydrogens is 146 g/mol.